The Labute approximate surface area is 131 Å². The molecule has 0 radical (unpaired) electrons. The maximum Gasteiger partial charge on any atom is 0.142 e. The third kappa shape index (κ3) is 5.03. The third-order valence-electron chi connectivity index (χ3n) is 3.14. The summed E-state index contributed by atoms with van der Waals surface area (Å²) in [4.78, 5) is 4.01. The van der Waals surface area contributed by atoms with Crippen molar-refractivity contribution in [2.45, 2.75) is 32.9 Å². The molecule has 1 aromatic heterocycles. The van der Waals surface area contributed by atoms with Gasteiger partial charge in [-0.1, -0.05) is 37.6 Å². The van der Waals surface area contributed by atoms with E-state index in [2.05, 4.69) is 24.1 Å². The van der Waals surface area contributed by atoms with Crippen LogP contribution in [0.25, 0.3) is 0 Å². The third-order valence-corrected chi connectivity index (χ3v) is 3.43. The largest absolute Gasteiger partial charge is 0.491 e. The predicted octanol–water partition coefficient (Wildman–Crippen LogP) is 3.85. The van der Waals surface area contributed by atoms with Crippen LogP contribution in [0, 0.1) is 0 Å². The molecule has 2 aromatic rings. The lowest BCUT2D eigenvalue weighted by atomic mass is 10.2. The molecular weight excluding hydrogens is 284 g/mol. The Balaban J connectivity index is 1.98. The van der Waals surface area contributed by atoms with Crippen molar-refractivity contribution in [2.75, 3.05) is 6.61 Å². The molecule has 21 heavy (non-hydrogen) atoms. The predicted molar refractivity (Wildman–Crippen MR) is 86.9 cm³/mol. The lowest BCUT2D eigenvalue weighted by molar-refractivity contribution is 0.317. The number of hydrogen-bond donors (Lipinski definition) is 1. The van der Waals surface area contributed by atoms with E-state index in [1.54, 1.807) is 12.4 Å². The quantitative estimate of drug-likeness (QED) is 0.843. The SMILES string of the molecule is CC(C)NCc1cccc(Cl)c1OCCc1ccncc1. The monoisotopic (exact) mass is 304 g/mol. The fourth-order valence-corrected chi connectivity index (χ4v) is 2.24. The molecule has 1 aromatic carbocycles. The van der Waals surface area contributed by atoms with Crippen molar-refractivity contribution in [1.29, 1.82) is 0 Å². The maximum atomic E-state index is 6.26. The zero-order chi connectivity index (χ0) is 15.1. The Morgan fingerprint density at radius 2 is 1.95 bits per heavy atom. The van der Waals surface area contributed by atoms with E-state index in [-0.39, 0.29) is 0 Å². The van der Waals surface area contributed by atoms with Crippen LogP contribution in [0.5, 0.6) is 5.75 Å². The van der Waals surface area contributed by atoms with Crippen molar-refractivity contribution in [3.8, 4) is 5.75 Å². The van der Waals surface area contributed by atoms with Gasteiger partial charge in [0.15, 0.2) is 0 Å². The average Bonchev–Trinajstić information content (AvgIpc) is 2.48. The summed E-state index contributed by atoms with van der Waals surface area (Å²) in [5.41, 5.74) is 2.30. The first-order valence-corrected chi connectivity index (χ1v) is 7.57. The molecule has 112 valence electrons. The first-order chi connectivity index (χ1) is 10.2. The average molecular weight is 305 g/mol. The van der Waals surface area contributed by atoms with Gasteiger partial charge in [0, 0.05) is 37.0 Å². The first-order valence-electron chi connectivity index (χ1n) is 7.19. The fourth-order valence-electron chi connectivity index (χ4n) is 1.99. The van der Waals surface area contributed by atoms with Gasteiger partial charge in [0.1, 0.15) is 5.75 Å². The van der Waals surface area contributed by atoms with Crippen molar-refractivity contribution in [2.24, 2.45) is 0 Å². The minimum Gasteiger partial charge on any atom is -0.491 e. The maximum absolute atomic E-state index is 6.26. The molecule has 0 atom stereocenters. The van der Waals surface area contributed by atoms with Crippen LogP contribution in [0.15, 0.2) is 42.7 Å². The van der Waals surface area contributed by atoms with Gasteiger partial charge < -0.3 is 10.1 Å². The van der Waals surface area contributed by atoms with E-state index in [1.165, 1.54) is 5.56 Å². The molecule has 2 rings (SSSR count). The highest BCUT2D eigenvalue weighted by Gasteiger charge is 2.09. The summed E-state index contributed by atoms with van der Waals surface area (Å²) in [5.74, 6) is 0.779. The molecule has 0 unspecified atom stereocenters. The molecule has 1 heterocycles. The molecule has 0 amide bonds. The lowest BCUT2D eigenvalue weighted by Crippen LogP contribution is -2.22. The number of ether oxygens (including phenoxy) is 1. The second kappa shape index (κ2) is 8.01. The number of aromatic nitrogens is 1. The van der Waals surface area contributed by atoms with E-state index >= 15 is 0 Å². The zero-order valence-electron chi connectivity index (χ0n) is 12.5. The second-order valence-electron chi connectivity index (χ2n) is 5.22. The smallest absolute Gasteiger partial charge is 0.142 e. The summed E-state index contributed by atoms with van der Waals surface area (Å²) >= 11 is 6.26. The molecule has 1 N–H and O–H groups in total. The van der Waals surface area contributed by atoms with Gasteiger partial charge in [0.2, 0.25) is 0 Å². The number of benzene rings is 1. The van der Waals surface area contributed by atoms with Crippen molar-refractivity contribution < 1.29 is 4.74 Å². The Morgan fingerprint density at radius 1 is 1.19 bits per heavy atom. The Hall–Kier alpha value is -1.58. The number of pyridine rings is 1. The standard InChI is InChI=1S/C17H21ClN2O/c1-13(2)20-12-15-4-3-5-16(18)17(15)21-11-8-14-6-9-19-10-7-14/h3-7,9-10,13,20H,8,11-12H2,1-2H3. The van der Waals surface area contributed by atoms with Crippen molar-refractivity contribution >= 4 is 11.6 Å². The van der Waals surface area contributed by atoms with Gasteiger partial charge in [-0.3, -0.25) is 4.98 Å². The topological polar surface area (TPSA) is 34.1 Å². The van der Waals surface area contributed by atoms with Gasteiger partial charge in [0.05, 0.1) is 11.6 Å². The lowest BCUT2D eigenvalue weighted by Gasteiger charge is -2.15. The molecular formula is C17H21ClN2O. The Bertz CT molecular complexity index is 558. The molecule has 0 aliphatic carbocycles. The van der Waals surface area contributed by atoms with Crippen LogP contribution in [0.1, 0.15) is 25.0 Å². The van der Waals surface area contributed by atoms with Crippen LogP contribution in [0.3, 0.4) is 0 Å². The summed E-state index contributed by atoms with van der Waals surface area (Å²) in [5, 5.41) is 4.05. The molecule has 0 bridgehead atoms. The summed E-state index contributed by atoms with van der Waals surface area (Å²) < 4.78 is 5.91. The normalized spacial score (nSPS) is 10.9. The number of para-hydroxylation sites is 1. The van der Waals surface area contributed by atoms with Crippen LogP contribution in [0.2, 0.25) is 5.02 Å². The molecule has 0 saturated carbocycles. The highest BCUT2D eigenvalue weighted by molar-refractivity contribution is 6.32. The van der Waals surface area contributed by atoms with Crippen molar-refractivity contribution in [1.82, 2.24) is 10.3 Å². The summed E-state index contributed by atoms with van der Waals surface area (Å²) in [6.07, 6.45) is 4.43. The Kier molecular flexibility index (Phi) is 6.03. The molecule has 0 fully saturated rings. The number of nitrogens with one attached hydrogen (secondary N) is 1. The van der Waals surface area contributed by atoms with Gasteiger partial charge >= 0.3 is 0 Å². The number of hydrogen-bond acceptors (Lipinski definition) is 3. The van der Waals surface area contributed by atoms with Crippen LogP contribution in [0.4, 0.5) is 0 Å². The van der Waals surface area contributed by atoms with E-state index < -0.39 is 0 Å². The van der Waals surface area contributed by atoms with Gasteiger partial charge in [0.25, 0.3) is 0 Å². The molecule has 0 aliphatic rings. The molecule has 0 aliphatic heterocycles. The van der Waals surface area contributed by atoms with Crippen LogP contribution in [-0.2, 0) is 13.0 Å². The molecule has 0 saturated heterocycles. The fraction of sp³-hybridized carbons (Fsp3) is 0.353. The van der Waals surface area contributed by atoms with E-state index in [9.17, 15) is 0 Å². The molecule has 3 nitrogen and oxygen atoms in total. The van der Waals surface area contributed by atoms with E-state index in [4.69, 9.17) is 16.3 Å². The zero-order valence-corrected chi connectivity index (χ0v) is 13.2. The molecule has 0 spiro atoms. The minimum atomic E-state index is 0.425. The van der Waals surface area contributed by atoms with Crippen LogP contribution < -0.4 is 10.1 Å². The highest BCUT2D eigenvalue weighted by Crippen LogP contribution is 2.28. The van der Waals surface area contributed by atoms with Crippen LogP contribution >= 0.6 is 11.6 Å². The van der Waals surface area contributed by atoms with Crippen molar-refractivity contribution in [3.63, 3.8) is 0 Å². The van der Waals surface area contributed by atoms with E-state index in [0.717, 1.165) is 24.3 Å². The first kappa shape index (κ1) is 15.8. The van der Waals surface area contributed by atoms with Gasteiger partial charge in [-0.2, -0.15) is 0 Å². The Morgan fingerprint density at radius 3 is 2.67 bits per heavy atom. The summed E-state index contributed by atoms with van der Waals surface area (Å²) in [6.45, 7) is 5.59. The summed E-state index contributed by atoms with van der Waals surface area (Å²) in [6, 6.07) is 10.3. The van der Waals surface area contributed by atoms with Crippen molar-refractivity contribution in [3.05, 3.63) is 58.9 Å². The van der Waals surface area contributed by atoms with Gasteiger partial charge in [-0.25, -0.2) is 0 Å². The minimum absolute atomic E-state index is 0.425. The van der Waals surface area contributed by atoms with Gasteiger partial charge in [-0.05, 0) is 23.8 Å². The van der Waals surface area contributed by atoms with Gasteiger partial charge in [-0.15, -0.1) is 0 Å². The number of nitrogens with zero attached hydrogens (tertiary/aromatic N) is 1. The second-order valence-corrected chi connectivity index (χ2v) is 5.62. The van der Waals surface area contributed by atoms with E-state index in [1.807, 2.05) is 30.3 Å². The highest BCUT2D eigenvalue weighted by atomic mass is 35.5. The number of halogens is 1. The van der Waals surface area contributed by atoms with E-state index in [0.29, 0.717) is 17.7 Å². The molecule has 4 heteroatoms. The summed E-state index contributed by atoms with van der Waals surface area (Å²) in [7, 11) is 0. The number of rotatable bonds is 7. The van der Waals surface area contributed by atoms with Crippen LogP contribution in [-0.4, -0.2) is 17.6 Å².